The summed E-state index contributed by atoms with van der Waals surface area (Å²) in [5.41, 5.74) is 0.391. The van der Waals surface area contributed by atoms with Crippen molar-refractivity contribution in [3.8, 4) is 0 Å². The molecule has 3 heteroatoms. The molecular weight excluding hydrogens is 224 g/mol. The first-order valence-corrected chi connectivity index (χ1v) is 7.46. The molecule has 1 rings (SSSR count). The van der Waals surface area contributed by atoms with Crippen molar-refractivity contribution < 1.29 is 5.11 Å². The molecule has 1 saturated carbocycles. The van der Waals surface area contributed by atoms with Gasteiger partial charge in [0, 0.05) is 18.6 Å². The standard InChI is InChI=1S/C15H32N2O/c1-6-16-14-13(8-7-9-15(14,3)4)10-17(5)12(2)11-18/h12-14,16,18H,6-11H2,1-5H3. The summed E-state index contributed by atoms with van der Waals surface area (Å²) in [7, 11) is 2.13. The normalized spacial score (nSPS) is 29.5. The summed E-state index contributed by atoms with van der Waals surface area (Å²) < 4.78 is 0. The van der Waals surface area contributed by atoms with Gasteiger partial charge in [-0.05, 0) is 44.7 Å². The van der Waals surface area contributed by atoms with Gasteiger partial charge in [-0.15, -0.1) is 0 Å². The number of hydrogen-bond acceptors (Lipinski definition) is 3. The Morgan fingerprint density at radius 2 is 2.11 bits per heavy atom. The first kappa shape index (κ1) is 15.9. The van der Waals surface area contributed by atoms with Crippen molar-refractivity contribution >= 4 is 0 Å². The maximum absolute atomic E-state index is 9.25. The van der Waals surface area contributed by atoms with Crippen LogP contribution in [-0.2, 0) is 0 Å². The van der Waals surface area contributed by atoms with Crippen LogP contribution in [0.1, 0.15) is 47.0 Å². The van der Waals surface area contributed by atoms with Crippen LogP contribution in [0.3, 0.4) is 0 Å². The number of likely N-dealkylation sites (N-methyl/N-ethyl adjacent to an activating group) is 1. The van der Waals surface area contributed by atoms with Gasteiger partial charge in [0.2, 0.25) is 0 Å². The number of hydrogen-bond donors (Lipinski definition) is 2. The number of nitrogens with zero attached hydrogens (tertiary/aromatic N) is 1. The molecule has 0 aromatic rings. The average Bonchev–Trinajstić information content (AvgIpc) is 2.32. The molecule has 1 aliphatic rings. The van der Waals surface area contributed by atoms with Crippen molar-refractivity contribution in [2.75, 3.05) is 26.7 Å². The Hall–Kier alpha value is -0.120. The highest BCUT2D eigenvalue weighted by molar-refractivity contribution is 4.94. The quantitative estimate of drug-likeness (QED) is 0.764. The Kier molecular flexibility index (Phi) is 6.09. The second-order valence-corrected chi connectivity index (χ2v) is 6.65. The number of aliphatic hydroxyl groups is 1. The molecule has 0 bridgehead atoms. The van der Waals surface area contributed by atoms with Crippen molar-refractivity contribution in [2.24, 2.45) is 11.3 Å². The van der Waals surface area contributed by atoms with E-state index in [0.29, 0.717) is 17.4 Å². The van der Waals surface area contributed by atoms with Crippen LogP contribution in [0.15, 0.2) is 0 Å². The van der Waals surface area contributed by atoms with E-state index in [0.717, 1.165) is 13.1 Å². The van der Waals surface area contributed by atoms with Crippen molar-refractivity contribution in [1.82, 2.24) is 10.2 Å². The molecule has 0 aromatic carbocycles. The largest absolute Gasteiger partial charge is 0.395 e. The molecule has 0 aromatic heterocycles. The van der Waals surface area contributed by atoms with Crippen molar-refractivity contribution in [3.05, 3.63) is 0 Å². The van der Waals surface area contributed by atoms with Crippen LogP contribution in [0.25, 0.3) is 0 Å². The van der Waals surface area contributed by atoms with Gasteiger partial charge in [-0.2, -0.15) is 0 Å². The monoisotopic (exact) mass is 256 g/mol. The molecule has 1 fully saturated rings. The van der Waals surface area contributed by atoms with Gasteiger partial charge in [0.15, 0.2) is 0 Å². The van der Waals surface area contributed by atoms with E-state index in [1.54, 1.807) is 0 Å². The molecule has 0 radical (unpaired) electrons. The molecule has 0 spiro atoms. The van der Waals surface area contributed by atoms with Crippen LogP contribution in [0.2, 0.25) is 0 Å². The summed E-state index contributed by atoms with van der Waals surface area (Å²) in [4.78, 5) is 2.30. The highest BCUT2D eigenvalue weighted by Gasteiger charge is 2.38. The van der Waals surface area contributed by atoms with Crippen LogP contribution < -0.4 is 5.32 Å². The summed E-state index contributed by atoms with van der Waals surface area (Å²) in [6.45, 7) is 11.5. The highest BCUT2D eigenvalue weighted by Crippen LogP contribution is 2.39. The van der Waals surface area contributed by atoms with Gasteiger partial charge in [-0.1, -0.05) is 27.2 Å². The van der Waals surface area contributed by atoms with E-state index in [4.69, 9.17) is 0 Å². The zero-order valence-electron chi connectivity index (χ0n) is 12.9. The van der Waals surface area contributed by atoms with Gasteiger partial charge in [-0.3, -0.25) is 0 Å². The van der Waals surface area contributed by atoms with Crippen LogP contribution >= 0.6 is 0 Å². The first-order valence-electron chi connectivity index (χ1n) is 7.46. The Bertz CT molecular complexity index is 243. The van der Waals surface area contributed by atoms with Crippen LogP contribution in [-0.4, -0.2) is 48.8 Å². The topological polar surface area (TPSA) is 35.5 Å². The minimum Gasteiger partial charge on any atom is -0.395 e. The minimum absolute atomic E-state index is 0.248. The Morgan fingerprint density at radius 3 is 2.67 bits per heavy atom. The summed E-state index contributed by atoms with van der Waals surface area (Å²) >= 11 is 0. The first-order chi connectivity index (χ1) is 8.42. The summed E-state index contributed by atoms with van der Waals surface area (Å²) in [6, 6.07) is 0.863. The van der Waals surface area contributed by atoms with Gasteiger partial charge in [0.1, 0.15) is 0 Å². The Morgan fingerprint density at radius 1 is 1.44 bits per heavy atom. The second kappa shape index (κ2) is 6.88. The number of nitrogens with one attached hydrogen (secondary N) is 1. The molecule has 0 saturated heterocycles. The summed E-state index contributed by atoms with van der Waals surface area (Å²) in [6.07, 6.45) is 3.96. The zero-order chi connectivity index (χ0) is 13.8. The highest BCUT2D eigenvalue weighted by atomic mass is 16.3. The molecule has 3 atom stereocenters. The molecular formula is C15H32N2O. The lowest BCUT2D eigenvalue weighted by Crippen LogP contribution is -2.53. The fourth-order valence-electron chi connectivity index (χ4n) is 3.33. The fourth-order valence-corrected chi connectivity index (χ4v) is 3.33. The third-order valence-electron chi connectivity index (χ3n) is 4.67. The molecule has 3 nitrogen and oxygen atoms in total. The van der Waals surface area contributed by atoms with E-state index in [1.165, 1.54) is 19.3 Å². The van der Waals surface area contributed by atoms with Gasteiger partial charge < -0.3 is 15.3 Å². The van der Waals surface area contributed by atoms with Crippen LogP contribution in [0.5, 0.6) is 0 Å². The third-order valence-corrected chi connectivity index (χ3v) is 4.67. The summed E-state index contributed by atoms with van der Waals surface area (Å²) in [5.74, 6) is 0.702. The van der Waals surface area contributed by atoms with Gasteiger partial charge >= 0.3 is 0 Å². The van der Waals surface area contributed by atoms with Gasteiger partial charge in [-0.25, -0.2) is 0 Å². The van der Waals surface area contributed by atoms with Crippen LogP contribution in [0.4, 0.5) is 0 Å². The van der Waals surface area contributed by atoms with Gasteiger partial charge in [0.25, 0.3) is 0 Å². The van der Waals surface area contributed by atoms with E-state index in [-0.39, 0.29) is 12.6 Å². The predicted octanol–water partition coefficient (Wildman–Crippen LogP) is 2.10. The van der Waals surface area contributed by atoms with Crippen molar-refractivity contribution in [2.45, 2.75) is 59.0 Å². The maximum atomic E-state index is 9.25. The van der Waals surface area contributed by atoms with E-state index in [9.17, 15) is 5.11 Å². The average molecular weight is 256 g/mol. The van der Waals surface area contributed by atoms with Crippen molar-refractivity contribution in [1.29, 1.82) is 0 Å². The third kappa shape index (κ3) is 3.94. The predicted molar refractivity (Wildman–Crippen MR) is 77.8 cm³/mol. The minimum atomic E-state index is 0.248. The summed E-state index contributed by atoms with van der Waals surface area (Å²) in [5, 5.41) is 12.9. The smallest absolute Gasteiger partial charge is 0.0584 e. The molecule has 3 unspecified atom stereocenters. The molecule has 18 heavy (non-hydrogen) atoms. The van der Waals surface area contributed by atoms with Crippen LogP contribution in [0, 0.1) is 11.3 Å². The fraction of sp³-hybridized carbons (Fsp3) is 1.00. The SMILES string of the molecule is CCNC1C(CN(C)C(C)CO)CCCC1(C)C. The number of rotatable bonds is 6. The van der Waals surface area contributed by atoms with E-state index in [2.05, 4.69) is 45.0 Å². The molecule has 0 amide bonds. The second-order valence-electron chi connectivity index (χ2n) is 6.65. The zero-order valence-corrected chi connectivity index (χ0v) is 12.9. The molecule has 0 heterocycles. The van der Waals surface area contributed by atoms with E-state index >= 15 is 0 Å². The number of aliphatic hydroxyl groups excluding tert-OH is 1. The molecule has 108 valence electrons. The molecule has 2 N–H and O–H groups in total. The lowest BCUT2D eigenvalue weighted by molar-refractivity contribution is 0.0664. The lowest BCUT2D eigenvalue weighted by Gasteiger charge is -2.46. The van der Waals surface area contributed by atoms with E-state index in [1.807, 2.05) is 0 Å². The Balaban J connectivity index is 2.66. The van der Waals surface area contributed by atoms with Gasteiger partial charge in [0.05, 0.1) is 6.61 Å². The lowest BCUT2D eigenvalue weighted by atomic mass is 9.67. The van der Waals surface area contributed by atoms with E-state index < -0.39 is 0 Å². The maximum Gasteiger partial charge on any atom is 0.0584 e. The molecule has 0 aliphatic heterocycles. The Labute approximate surface area is 113 Å². The van der Waals surface area contributed by atoms with Crippen molar-refractivity contribution in [3.63, 3.8) is 0 Å². The molecule has 1 aliphatic carbocycles.